The summed E-state index contributed by atoms with van der Waals surface area (Å²) >= 11 is 0. The van der Waals surface area contributed by atoms with E-state index in [4.69, 9.17) is 9.47 Å². The highest BCUT2D eigenvalue weighted by Gasteiger charge is 2.09. The second kappa shape index (κ2) is 9.70. The van der Waals surface area contributed by atoms with Gasteiger partial charge in [-0.2, -0.15) is 0 Å². The van der Waals surface area contributed by atoms with Gasteiger partial charge < -0.3 is 14.8 Å². The first-order chi connectivity index (χ1) is 15.6. The summed E-state index contributed by atoms with van der Waals surface area (Å²) in [4.78, 5) is 21.0. The number of hydrogen-bond donors (Lipinski definition) is 1. The summed E-state index contributed by atoms with van der Waals surface area (Å²) < 4.78 is 23.7. The molecule has 0 fully saturated rings. The zero-order valence-corrected chi connectivity index (χ0v) is 17.3. The quantitative estimate of drug-likeness (QED) is 0.447. The predicted octanol–water partition coefficient (Wildman–Crippen LogP) is 5.01. The molecule has 7 heteroatoms. The monoisotopic (exact) mass is 429 g/mol. The van der Waals surface area contributed by atoms with Gasteiger partial charge in [-0.05, 0) is 59.7 Å². The average Bonchev–Trinajstić information content (AvgIpc) is 2.85. The van der Waals surface area contributed by atoms with Gasteiger partial charge in [0.15, 0.2) is 0 Å². The summed E-state index contributed by atoms with van der Waals surface area (Å²) in [5.74, 6) is 0.681. The molecule has 0 radical (unpaired) electrons. The highest BCUT2D eigenvalue weighted by atomic mass is 19.1. The van der Waals surface area contributed by atoms with E-state index in [1.54, 1.807) is 37.7 Å². The molecule has 0 saturated carbocycles. The second-order valence-electron chi connectivity index (χ2n) is 6.92. The number of ether oxygens (including phenoxy) is 2. The van der Waals surface area contributed by atoms with Gasteiger partial charge in [0.05, 0.1) is 7.11 Å². The Morgan fingerprint density at radius 3 is 2.28 bits per heavy atom. The van der Waals surface area contributed by atoms with Gasteiger partial charge in [0.1, 0.15) is 17.3 Å². The Kier molecular flexibility index (Phi) is 6.36. The van der Waals surface area contributed by atoms with E-state index in [0.717, 1.165) is 22.4 Å². The Bertz CT molecular complexity index is 1190. The summed E-state index contributed by atoms with van der Waals surface area (Å²) in [6.07, 6.45) is 3.22. The van der Waals surface area contributed by atoms with E-state index in [0.29, 0.717) is 17.9 Å². The van der Waals surface area contributed by atoms with Crippen molar-refractivity contribution in [1.82, 2.24) is 15.3 Å². The van der Waals surface area contributed by atoms with Crippen LogP contribution in [0.15, 0.2) is 85.2 Å². The van der Waals surface area contributed by atoms with Crippen LogP contribution in [0.25, 0.3) is 11.1 Å². The maximum Gasteiger partial charge on any atom is 0.321 e. The lowest BCUT2D eigenvalue weighted by Gasteiger charge is -2.08. The average molecular weight is 429 g/mol. The number of carbonyl (C=O) groups excluding carboxylic acids is 1. The van der Waals surface area contributed by atoms with Crippen LogP contribution in [0.4, 0.5) is 4.39 Å². The first kappa shape index (κ1) is 21.0. The van der Waals surface area contributed by atoms with E-state index < -0.39 is 0 Å². The van der Waals surface area contributed by atoms with E-state index in [9.17, 15) is 9.18 Å². The lowest BCUT2D eigenvalue weighted by Crippen LogP contribution is -2.22. The van der Waals surface area contributed by atoms with E-state index in [1.165, 1.54) is 24.3 Å². The lowest BCUT2D eigenvalue weighted by atomic mass is 10.1. The van der Waals surface area contributed by atoms with E-state index in [-0.39, 0.29) is 17.7 Å². The van der Waals surface area contributed by atoms with Crippen LogP contribution in [0.1, 0.15) is 15.9 Å². The number of nitrogens with one attached hydrogen (secondary N) is 1. The number of halogens is 1. The minimum atomic E-state index is -0.346. The molecule has 0 spiro atoms. The van der Waals surface area contributed by atoms with Crippen molar-refractivity contribution in [3.63, 3.8) is 0 Å². The Morgan fingerprint density at radius 2 is 1.59 bits per heavy atom. The van der Waals surface area contributed by atoms with Crippen molar-refractivity contribution in [3.05, 3.63) is 102 Å². The molecule has 6 nitrogen and oxygen atoms in total. The fourth-order valence-electron chi connectivity index (χ4n) is 2.99. The van der Waals surface area contributed by atoms with Gasteiger partial charge in [0, 0.05) is 30.1 Å². The largest absolute Gasteiger partial charge is 0.497 e. The van der Waals surface area contributed by atoms with E-state index in [2.05, 4.69) is 15.3 Å². The number of hydrogen-bond acceptors (Lipinski definition) is 5. The van der Waals surface area contributed by atoms with Gasteiger partial charge in [-0.15, -0.1) is 0 Å². The van der Waals surface area contributed by atoms with Crippen LogP contribution in [0.2, 0.25) is 0 Å². The van der Waals surface area contributed by atoms with Crippen LogP contribution in [0.3, 0.4) is 0 Å². The predicted molar refractivity (Wildman–Crippen MR) is 118 cm³/mol. The molecular formula is C25H20FN3O3. The van der Waals surface area contributed by atoms with Crippen molar-refractivity contribution >= 4 is 5.91 Å². The molecule has 4 aromatic rings. The summed E-state index contributed by atoms with van der Waals surface area (Å²) in [6, 6.07) is 20.5. The molecule has 3 aromatic carbocycles. The van der Waals surface area contributed by atoms with Crippen molar-refractivity contribution in [2.45, 2.75) is 6.54 Å². The third-order valence-electron chi connectivity index (χ3n) is 4.72. The summed E-state index contributed by atoms with van der Waals surface area (Å²) in [6.45, 7) is 0.408. The van der Waals surface area contributed by atoms with E-state index in [1.807, 2.05) is 30.3 Å². The van der Waals surface area contributed by atoms with Gasteiger partial charge in [0.2, 0.25) is 0 Å². The highest BCUT2D eigenvalue weighted by Crippen LogP contribution is 2.22. The minimum Gasteiger partial charge on any atom is -0.497 e. The Morgan fingerprint density at radius 1 is 0.906 bits per heavy atom. The molecule has 1 aromatic heterocycles. The molecule has 0 bridgehead atoms. The van der Waals surface area contributed by atoms with Crippen molar-refractivity contribution in [2.24, 2.45) is 0 Å². The summed E-state index contributed by atoms with van der Waals surface area (Å²) in [7, 11) is 1.61. The Balaban J connectivity index is 1.41. The molecule has 0 saturated heterocycles. The number of amides is 1. The molecule has 0 aliphatic carbocycles. The minimum absolute atomic E-state index is 0.147. The van der Waals surface area contributed by atoms with Crippen molar-refractivity contribution in [1.29, 1.82) is 0 Å². The third kappa shape index (κ3) is 5.26. The molecule has 0 aliphatic heterocycles. The summed E-state index contributed by atoms with van der Waals surface area (Å²) in [5, 5.41) is 2.91. The molecule has 1 amide bonds. The third-order valence-corrected chi connectivity index (χ3v) is 4.72. The van der Waals surface area contributed by atoms with Gasteiger partial charge in [-0.3, -0.25) is 4.79 Å². The molecule has 4 rings (SSSR count). The smallest absolute Gasteiger partial charge is 0.321 e. The van der Waals surface area contributed by atoms with Gasteiger partial charge in [-0.1, -0.05) is 24.3 Å². The number of carbonyl (C=O) groups is 1. The normalized spacial score (nSPS) is 10.4. The van der Waals surface area contributed by atoms with Crippen molar-refractivity contribution in [2.75, 3.05) is 7.11 Å². The number of aromatic nitrogens is 2. The Labute approximate surface area is 184 Å². The van der Waals surface area contributed by atoms with Crippen LogP contribution < -0.4 is 14.8 Å². The standard InChI is InChI=1S/C25H20FN3O3/c1-31-22-9-5-17(6-10-22)14-27-24(30)19-4-2-3-18(13-19)20-15-28-25(29-16-20)32-23-11-7-21(26)8-12-23/h2-13,15-16H,14H2,1H3,(H,27,30). The molecule has 32 heavy (non-hydrogen) atoms. The molecule has 1 heterocycles. The van der Waals surface area contributed by atoms with E-state index >= 15 is 0 Å². The fourth-order valence-corrected chi connectivity index (χ4v) is 2.99. The van der Waals surface area contributed by atoms with Gasteiger partial charge in [0.25, 0.3) is 5.91 Å². The van der Waals surface area contributed by atoms with Crippen LogP contribution in [0, 0.1) is 5.82 Å². The molecule has 0 unspecified atom stereocenters. The number of rotatable bonds is 7. The SMILES string of the molecule is COc1ccc(CNC(=O)c2cccc(-c3cnc(Oc4ccc(F)cc4)nc3)c2)cc1. The number of methoxy groups -OCH3 is 1. The van der Waals surface area contributed by atoms with Crippen LogP contribution >= 0.6 is 0 Å². The first-order valence-corrected chi connectivity index (χ1v) is 9.88. The number of benzene rings is 3. The Hall–Kier alpha value is -4.26. The zero-order chi connectivity index (χ0) is 22.3. The molecule has 1 N–H and O–H groups in total. The molecular weight excluding hydrogens is 409 g/mol. The lowest BCUT2D eigenvalue weighted by molar-refractivity contribution is 0.0951. The molecule has 160 valence electrons. The van der Waals surface area contributed by atoms with Crippen LogP contribution in [-0.4, -0.2) is 23.0 Å². The molecule has 0 atom stereocenters. The maximum absolute atomic E-state index is 13.0. The summed E-state index contributed by atoms with van der Waals surface area (Å²) in [5.41, 5.74) is 3.04. The second-order valence-corrected chi connectivity index (χ2v) is 6.92. The van der Waals surface area contributed by atoms with Gasteiger partial charge in [-0.25, -0.2) is 14.4 Å². The van der Waals surface area contributed by atoms with Gasteiger partial charge >= 0.3 is 6.01 Å². The van der Waals surface area contributed by atoms with Crippen LogP contribution in [-0.2, 0) is 6.54 Å². The zero-order valence-electron chi connectivity index (χ0n) is 17.3. The van der Waals surface area contributed by atoms with Crippen molar-refractivity contribution < 1.29 is 18.7 Å². The highest BCUT2D eigenvalue weighted by molar-refractivity contribution is 5.95. The van der Waals surface area contributed by atoms with Crippen molar-refractivity contribution in [3.8, 4) is 28.6 Å². The topological polar surface area (TPSA) is 73.3 Å². The van der Waals surface area contributed by atoms with Crippen LogP contribution in [0.5, 0.6) is 17.5 Å². The fraction of sp³-hybridized carbons (Fsp3) is 0.0800. The number of nitrogens with zero attached hydrogens (tertiary/aromatic N) is 2. The first-order valence-electron chi connectivity index (χ1n) is 9.88. The molecule has 0 aliphatic rings. The maximum atomic E-state index is 13.0.